The van der Waals surface area contributed by atoms with Crippen molar-refractivity contribution in [2.45, 2.75) is 6.61 Å². The maximum atomic E-state index is 9.40. The number of rotatable bonds is 4. The zero-order chi connectivity index (χ0) is 13.7. The van der Waals surface area contributed by atoms with E-state index in [0.717, 1.165) is 16.9 Å². The molecule has 0 bridgehead atoms. The van der Waals surface area contributed by atoms with Crippen LogP contribution in [0.3, 0.4) is 0 Å². The van der Waals surface area contributed by atoms with Gasteiger partial charge in [-0.2, -0.15) is 10.2 Å². The number of aliphatic hydroxyl groups is 1. The van der Waals surface area contributed by atoms with Crippen LogP contribution in [0, 0.1) is 0 Å². The molecule has 0 aliphatic carbocycles. The van der Waals surface area contributed by atoms with E-state index in [1.54, 1.807) is 0 Å². The Kier molecular flexibility index (Phi) is 4.26. The Morgan fingerprint density at radius 3 is 2.37 bits per heavy atom. The van der Waals surface area contributed by atoms with Crippen LogP contribution in [-0.4, -0.2) is 19.2 Å². The molecular weight excluding hydrogens is 238 g/mol. The number of azo groups is 1. The Labute approximate surface area is 113 Å². The van der Waals surface area contributed by atoms with Crippen molar-refractivity contribution < 1.29 is 5.11 Å². The average molecular weight is 255 g/mol. The molecule has 98 valence electrons. The molecule has 2 aromatic carbocycles. The van der Waals surface area contributed by atoms with Crippen molar-refractivity contribution in [3.8, 4) is 0 Å². The molecule has 19 heavy (non-hydrogen) atoms. The molecule has 2 rings (SSSR count). The van der Waals surface area contributed by atoms with Crippen LogP contribution in [0.4, 0.5) is 17.1 Å². The minimum absolute atomic E-state index is 0.0508. The first-order chi connectivity index (χ1) is 9.20. The van der Waals surface area contributed by atoms with Gasteiger partial charge in [-0.05, 0) is 30.3 Å². The molecule has 0 aliphatic rings. The zero-order valence-corrected chi connectivity index (χ0v) is 11.1. The molecule has 0 heterocycles. The molecule has 0 atom stereocenters. The summed E-state index contributed by atoms with van der Waals surface area (Å²) < 4.78 is 0. The molecule has 0 spiro atoms. The third-order valence-electron chi connectivity index (χ3n) is 2.78. The highest BCUT2D eigenvalue weighted by Crippen LogP contribution is 2.26. The molecule has 4 heteroatoms. The molecule has 0 saturated heterocycles. The summed E-state index contributed by atoms with van der Waals surface area (Å²) in [6, 6.07) is 15.3. The Balaban J connectivity index is 2.28. The van der Waals surface area contributed by atoms with Crippen molar-refractivity contribution in [1.29, 1.82) is 0 Å². The lowest BCUT2D eigenvalue weighted by molar-refractivity contribution is 0.282. The minimum atomic E-state index is -0.0508. The summed E-state index contributed by atoms with van der Waals surface area (Å²) in [5, 5.41) is 17.8. The second kappa shape index (κ2) is 6.11. The van der Waals surface area contributed by atoms with Crippen molar-refractivity contribution in [3.05, 3.63) is 54.1 Å². The highest BCUT2D eigenvalue weighted by atomic mass is 16.3. The SMILES string of the molecule is CN(C)c1ccc(N=Nc2ccccc2)c(CO)c1. The molecule has 0 saturated carbocycles. The fourth-order valence-corrected chi connectivity index (χ4v) is 1.68. The topological polar surface area (TPSA) is 48.2 Å². The molecule has 0 fully saturated rings. The first kappa shape index (κ1) is 13.2. The lowest BCUT2D eigenvalue weighted by Crippen LogP contribution is -2.08. The Hall–Kier alpha value is -2.20. The van der Waals surface area contributed by atoms with Crippen LogP contribution in [0.2, 0.25) is 0 Å². The van der Waals surface area contributed by atoms with E-state index < -0.39 is 0 Å². The number of anilines is 1. The van der Waals surface area contributed by atoms with Gasteiger partial charge in [0.25, 0.3) is 0 Å². The second-order valence-electron chi connectivity index (χ2n) is 4.40. The van der Waals surface area contributed by atoms with E-state index in [1.165, 1.54) is 0 Å². The van der Waals surface area contributed by atoms with Gasteiger partial charge in [0.2, 0.25) is 0 Å². The summed E-state index contributed by atoms with van der Waals surface area (Å²) in [5.41, 5.74) is 3.29. The monoisotopic (exact) mass is 255 g/mol. The maximum Gasteiger partial charge on any atom is 0.0913 e. The lowest BCUT2D eigenvalue weighted by atomic mass is 10.1. The van der Waals surface area contributed by atoms with Gasteiger partial charge < -0.3 is 10.0 Å². The van der Waals surface area contributed by atoms with Gasteiger partial charge in [0.1, 0.15) is 0 Å². The van der Waals surface area contributed by atoms with Crippen molar-refractivity contribution >= 4 is 17.1 Å². The van der Waals surface area contributed by atoms with Gasteiger partial charge in [-0.3, -0.25) is 0 Å². The second-order valence-corrected chi connectivity index (χ2v) is 4.40. The van der Waals surface area contributed by atoms with Crippen LogP contribution < -0.4 is 4.90 Å². The fraction of sp³-hybridized carbons (Fsp3) is 0.200. The summed E-state index contributed by atoms with van der Waals surface area (Å²) in [6.45, 7) is -0.0508. The Bertz CT molecular complexity index is 565. The summed E-state index contributed by atoms with van der Waals surface area (Å²) >= 11 is 0. The summed E-state index contributed by atoms with van der Waals surface area (Å²) in [5.74, 6) is 0. The molecule has 4 nitrogen and oxygen atoms in total. The van der Waals surface area contributed by atoms with Crippen molar-refractivity contribution in [2.24, 2.45) is 10.2 Å². The molecule has 0 radical (unpaired) electrons. The summed E-state index contributed by atoms with van der Waals surface area (Å²) in [6.07, 6.45) is 0. The van der Waals surface area contributed by atoms with Crippen LogP contribution in [0.15, 0.2) is 58.8 Å². The Morgan fingerprint density at radius 1 is 1.00 bits per heavy atom. The largest absolute Gasteiger partial charge is 0.392 e. The van der Waals surface area contributed by atoms with E-state index in [1.807, 2.05) is 67.5 Å². The quantitative estimate of drug-likeness (QED) is 0.847. The van der Waals surface area contributed by atoms with Gasteiger partial charge in [-0.25, -0.2) is 0 Å². The van der Waals surface area contributed by atoms with Gasteiger partial charge in [0.05, 0.1) is 18.0 Å². The van der Waals surface area contributed by atoms with Crippen molar-refractivity contribution in [2.75, 3.05) is 19.0 Å². The first-order valence-electron chi connectivity index (χ1n) is 6.08. The first-order valence-corrected chi connectivity index (χ1v) is 6.08. The number of aliphatic hydroxyl groups excluding tert-OH is 1. The van der Waals surface area contributed by atoms with Crippen LogP contribution in [0.25, 0.3) is 0 Å². The van der Waals surface area contributed by atoms with E-state index in [9.17, 15) is 5.11 Å². The van der Waals surface area contributed by atoms with Gasteiger partial charge in [0, 0.05) is 25.3 Å². The summed E-state index contributed by atoms with van der Waals surface area (Å²) in [7, 11) is 3.92. The van der Waals surface area contributed by atoms with Crippen molar-refractivity contribution in [1.82, 2.24) is 0 Å². The Morgan fingerprint density at radius 2 is 1.74 bits per heavy atom. The van der Waals surface area contributed by atoms with Crippen LogP contribution in [-0.2, 0) is 6.61 Å². The van der Waals surface area contributed by atoms with Gasteiger partial charge in [-0.15, -0.1) is 0 Å². The number of nitrogens with zero attached hydrogens (tertiary/aromatic N) is 3. The van der Waals surface area contributed by atoms with Crippen LogP contribution in [0.5, 0.6) is 0 Å². The standard InChI is InChI=1S/C15H17N3O/c1-18(2)14-8-9-15(12(10-14)11-19)17-16-13-6-4-3-5-7-13/h3-10,19H,11H2,1-2H3. The molecule has 0 amide bonds. The van der Waals surface area contributed by atoms with E-state index >= 15 is 0 Å². The van der Waals surface area contributed by atoms with Gasteiger partial charge >= 0.3 is 0 Å². The molecule has 1 N–H and O–H groups in total. The summed E-state index contributed by atoms with van der Waals surface area (Å²) in [4.78, 5) is 1.98. The highest BCUT2D eigenvalue weighted by Gasteiger charge is 2.03. The van der Waals surface area contributed by atoms with Gasteiger partial charge in [-0.1, -0.05) is 18.2 Å². The zero-order valence-electron chi connectivity index (χ0n) is 11.1. The minimum Gasteiger partial charge on any atom is -0.392 e. The van der Waals surface area contributed by atoms with E-state index in [4.69, 9.17) is 0 Å². The smallest absolute Gasteiger partial charge is 0.0913 e. The van der Waals surface area contributed by atoms with E-state index in [2.05, 4.69) is 10.2 Å². The van der Waals surface area contributed by atoms with Crippen LogP contribution in [0.1, 0.15) is 5.56 Å². The fourth-order valence-electron chi connectivity index (χ4n) is 1.68. The number of benzene rings is 2. The average Bonchev–Trinajstić information content (AvgIpc) is 2.45. The molecule has 0 aromatic heterocycles. The van der Waals surface area contributed by atoms with E-state index in [-0.39, 0.29) is 6.61 Å². The van der Waals surface area contributed by atoms with Crippen molar-refractivity contribution in [3.63, 3.8) is 0 Å². The predicted octanol–water partition coefficient (Wildman–Crippen LogP) is 3.66. The van der Waals surface area contributed by atoms with Gasteiger partial charge in [0.15, 0.2) is 0 Å². The highest BCUT2D eigenvalue weighted by molar-refractivity contribution is 5.57. The predicted molar refractivity (Wildman–Crippen MR) is 77.3 cm³/mol. The van der Waals surface area contributed by atoms with E-state index in [0.29, 0.717) is 5.69 Å². The number of hydrogen-bond donors (Lipinski definition) is 1. The third-order valence-corrected chi connectivity index (χ3v) is 2.78. The third kappa shape index (κ3) is 3.39. The molecule has 2 aromatic rings. The normalized spacial score (nSPS) is 10.9. The molecule has 0 aliphatic heterocycles. The lowest BCUT2D eigenvalue weighted by Gasteiger charge is -2.14. The number of hydrogen-bond acceptors (Lipinski definition) is 4. The van der Waals surface area contributed by atoms with Crippen LogP contribution >= 0.6 is 0 Å². The maximum absolute atomic E-state index is 9.40. The molecule has 0 unspecified atom stereocenters. The molecular formula is C15H17N3O.